The number of aryl methyl sites for hydroxylation is 1. The van der Waals surface area contributed by atoms with Crippen molar-refractivity contribution < 1.29 is 13.9 Å². The summed E-state index contributed by atoms with van der Waals surface area (Å²) in [7, 11) is 1.40. The molecule has 0 fully saturated rings. The van der Waals surface area contributed by atoms with E-state index >= 15 is 0 Å². The Kier molecular flexibility index (Phi) is 3.99. The van der Waals surface area contributed by atoms with Gasteiger partial charge in [-0.3, -0.25) is 9.59 Å². The van der Waals surface area contributed by atoms with E-state index in [0.717, 1.165) is 41.4 Å². The number of hydrogen-bond acceptors (Lipinski definition) is 3. The smallest absolute Gasteiger partial charge is 0.268 e. The first-order valence-corrected chi connectivity index (χ1v) is 8.44. The van der Waals surface area contributed by atoms with Crippen LogP contribution in [0.3, 0.4) is 0 Å². The monoisotopic (exact) mass is 355 g/mol. The lowest BCUT2D eigenvalue weighted by Crippen LogP contribution is -2.32. The molecule has 4 rings (SSSR count). The molecule has 0 radical (unpaired) electrons. The second-order valence-corrected chi connectivity index (χ2v) is 6.40. The van der Waals surface area contributed by atoms with Crippen LogP contribution in [0.1, 0.15) is 40.6 Å². The van der Waals surface area contributed by atoms with Crippen molar-refractivity contribution in [3.8, 4) is 5.75 Å². The summed E-state index contributed by atoms with van der Waals surface area (Å²) in [5.41, 5.74) is 2.61. The van der Waals surface area contributed by atoms with Gasteiger partial charge in [0.15, 0.2) is 5.75 Å². The summed E-state index contributed by atoms with van der Waals surface area (Å²) in [5, 5.41) is 3.81. The number of rotatable bonds is 3. The molecule has 134 valence electrons. The predicted molar refractivity (Wildman–Crippen MR) is 95.0 cm³/mol. The molecule has 0 saturated heterocycles. The number of aromatic nitrogens is 2. The fraction of sp³-hybridized carbons (Fsp3) is 0.263. The molecule has 3 N–H and O–H groups in total. The highest BCUT2D eigenvalue weighted by Gasteiger charge is 2.26. The molecule has 1 aliphatic rings. The van der Waals surface area contributed by atoms with Crippen LogP contribution < -0.4 is 15.5 Å². The fourth-order valence-electron chi connectivity index (χ4n) is 3.56. The van der Waals surface area contributed by atoms with Crippen LogP contribution in [0.25, 0.3) is 10.9 Å². The Morgan fingerprint density at radius 2 is 2.19 bits per heavy atom. The molecule has 0 unspecified atom stereocenters. The average Bonchev–Trinajstić information content (AvgIpc) is 3.00. The summed E-state index contributed by atoms with van der Waals surface area (Å²) in [5.74, 6) is -0.493. The summed E-state index contributed by atoms with van der Waals surface area (Å²) >= 11 is 0. The highest BCUT2D eigenvalue weighted by atomic mass is 19.1. The van der Waals surface area contributed by atoms with E-state index in [4.69, 9.17) is 4.74 Å². The lowest BCUT2D eigenvalue weighted by Gasteiger charge is -2.23. The van der Waals surface area contributed by atoms with Crippen LogP contribution in [0.2, 0.25) is 0 Å². The first-order chi connectivity index (χ1) is 12.6. The van der Waals surface area contributed by atoms with Crippen LogP contribution in [0.5, 0.6) is 5.75 Å². The Hall–Kier alpha value is -3.09. The van der Waals surface area contributed by atoms with Gasteiger partial charge in [-0.25, -0.2) is 4.39 Å². The molecule has 3 aromatic rings. The third-order valence-corrected chi connectivity index (χ3v) is 4.82. The van der Waals surface area contributed by atoms with E-state index < -0.39 is 0 Å². The largest absolute Gasteiger partial charge is 0.491 e. The van der Waals surface area contributed by atoms with Gasteiger partial charge in [-0.15, -0.1) is 0 Å². The molecule has 6 nitrogen and oxygen atoms in total. The van der Waals surface area contributed by atoms with Crippen LogP contribution in [-0.4, -0.2) is 23.0 Å². The molecule has 0 saturated carbocycles. The minimum Gasteiger partial charge on any atom is -0.491 e. The lowest BCUT2D eigenvalue weighted by molar-refractivity contribution is 0.0926. The molecule has 0 bridgehead atoms. The maximum atomic E-state index is 13.6. The number of aromatic amines is 2. The first-order valence-electron chi connectivity index (χ1n) is 8.44. The van der Waals surface area contributed by atoms with E-state index in [2.05, 4.69) is 15.3 Å². The minimum atomic E-state index is -0.368. The molecule has 0 aliphatic heterocycles. The van der Waals surface area contributed by atoms with Crippen molar-refractivity contribution in [3.63, 3.8) is 0 Å². The van der Waals surface area contributed by atoms with E-state index in [9.17, 15) is 14.0 Å². The number of fused-ring (bicyclic) bond motifs is 3. The third kappa shape index (κ3) is 2.75. The van der Waals surface area contributed by atoms with Crippen molar-refractivity contribution in [3.05, 3.63) is 63.5 Å². The Balaban J connectivity index is 1.64. The van der Waals surface area contributed by atoms with Crippen LogP contribution in [0, 0.1) is 5.82 Å². The van der Waals surface area contributed by atoms with Gasteiger partial charge < -0.3 is 20.0 Å². The molecule has 1 aliphatic carbocycles. The molecule has 2 aromatic heterocycles. The van der Waals surface area contributed by atoms with Crippen molar-refractivity contribution in [1.29, 1.82) is 0 Å². The summed E-state index contributed by atoms with van der Waals surface area (Å²) in [4.78, 5) is 30.5. The van der Waals surface area contributed by atoms with Gasteiger partial charge >= 0.3 is 0 Å². The lowest BCUT2D eigenvalue weighted by atomic mass is 9.91. The normalized spacial score (nSPS) is 16.3. The second kappa shape index (κ2) is 6.33. The Morgan fingerprint density at radius 3 is 2.96 bits per heavy atom. The molecule has 1 atom stereocenters. The molecule has 2 heterocycles. The SMILES string of the molecule is COc1c[nH]c(C(=O)N[C@@H]2CCCc3c2[nH]c2ccc(F)cc32)cc1=O. The topological polar surface area (TPSA) is 87.0 Å². The van der Waals surface area contributed by atoms with Crippen molar-refractivity contribution in [2.24, 2.45) is 0 Å². The molecule has 1 aromatic carbocycles. The summed E-state index contributed by atoms with van der Waals surface area (Å²) in [6.07, 6.45) is 3.87. The number of methoxy groups -OCH3 is 1. The van der Waals surface area contributed by atoms with E-state index in [1.54, 1.807) is 6.07 Å². The molecule has 1 amide bonds. The van der Waals surface area contributed by atoms with Crippen LogP contribution in [0.15, 0.2) is 35.3 Å². The van der Waals surface area contributed by atoms with Crippen molar-refractivity contribution in [2.45, 2.75) is 25.3 Å². The zero-order chi connectivity index (χ0) is 18.3. The predicted octanol–water partition coefficient (Wildman–Crippen LogP) is 2.81. The zero-order valence-electron chi connectivity index (χ0n) is 14.2. The van der Waals surface area contributed by atoms with Gasteiger partial charge in [0, 0.05) is 28.9 Å². The number of carbonyl (C=O) groups excluding carboxylic acids is 1. The average molecular weight is 355 g/mol. The Morgan fingerprint density at radius 1 is 1.35 bits per heavy atom. The van der Waals surface area contributed by atoms with Crippen molar-refractivity contribution >= 4 is 16.8 Å². The van der Waals surface area contributed by atoms with Gasteiger partial charge in [-0.2, -0.15) is 0 Å². The Labute approximate surface area is 148 Å². The number of halogens is 1. The van der Waals surface area contributed by atoms with Crippen LogP contribution in [0.4, 0.5) is 4.39 Å². The zero-order valence-corrected chi connectivity index (χ0v) is 14.2. The number of ether oxygens (including phenoxy) is 1. The van der Waals surface area contributed by atoms with Gasteiger partial charge in [0.2, 0.25) is 5.43 Å². The maximum absolute atomic E-state index is 13.6. The highest BCUT2D eigenvalue weighted by Crippen LogP contribution is 2.35. The number of hydrogen-bond donors (Lipinski definition) is 3. The molecule has 26 heavy (non-hydrogen) atoms. The van der Waals surface area contributed by atoms with Crippen LogP contribution in [-0.2, 0) is 6.42 Å². The number of benzene rings is 1. The standard InChI is InChI=1S/C19H18FN3O3/c1-26-17-9-21-15(8-16(17)24)19(25)23-14-4-2-3-11-12-7-10(20)5-6-13(12)22-18(11)14/h5-9,14,22H,2-4H2,1H3,(H,21,24)(H,23,25)/t14-/m1/s1. The van der Waals surface area contributed by atoms with E-state index in [0.29, 0.717) is 0 Å². The van der Waals surface area contributed by atoms with Crippen LogP contribution >= 0.6 is 0 Å². The van der Waals surface area contributed by atoms with Crippen molar-refractivity contribution in [2.75, 3.05) is 7.11 Å². The fourth-order valence-corrected chi connectivity index (χ4v) is 3.56. The minimum absolute atomic E-state index is 0.152. The number of pyridine rings is 1. The number of nitrogens with one attached hydrogen (secondary N) is 3. The maximum Gasteiger partial charge on any atom is 0.268 e. The van der Waals surface area contributed by atoms with Gasteiger partial charge in [0.25, 0.3) is 5.91 Å². The number of carbonyl (C=O) groups is 1. The number of amides is 1. The van der Waals surface area contributed by atoms with Gasteiger partial charge in [-0.05, 0) is 43.0 Å². The molecule has 0 spiro atoms. The van der Waals surface area contributed by atoms with Gasteiger partial charge in [-0.1, -0.05) is 0 Å². The van der Waals surface area contributed by atoms with Crippen molar-refractivity contribution in [1.82, 2.24) is 15.3 Å². The van der Waals surface area contributed by atoms with E-state index in [1.165, 1.54) is 31.5 Å². The third-order valence-electron chi connectivity index (χ3n) is 4.82. The molecular formula is C19H18FN3O3. The van der Waals surface area contributed by atoms with E-state index in [1.807, 2.05) is 0 Å². The summed E-state index contributed by atoms with van der Waals surface area (Å²) < 4.78 is 18.5. The Bertz CT molecular complexity index is 1050. The molecular weight excluding hydrogens is 337 g/mol. The summed E-state index contributed by atoms with van der Waals surface area (Å²) in [6, 6.07) is 5.66. The second-order valence-electron chi connectivity index (χ2n) is 6.40. The highest BCUT2D eigenvalue weighted by molar-refractivity contribution is 5.93. The van der Waals surface area contributed by atoms with Gasteiger partial charge in [0.05, 0.1) is 13.2 Å². The number of H-pyrrole nitrogens is 2. The van der Waals surface area contributed by atoms with E-state index in [-0.39, 0.29) is 34.6 Å². The first kappa shape index (κ1) is 16.4. The molecule has 7 heteroatoms. The van der Waals surface area contributed by atoms with Gasteiger partial charge in [0.1, 0.15) is 11.5 Å². The quantitative estimate of drug-likeness (QED) is 0.675. The summed E-state index contributed by atoms with van der Waals surface area (Å²) in [6.45, 7) is 0.